The fraction of sp³-hybridized carbons (Fsp3) is 0.222. The molecule has 1 amide bonds. The predicted octanol–water partition coefficient (Wildman–Crippen LogP) is 3.35. The minimum absolute atomic E-state index is 0.182. The number of carboxylic acid groups (broad SMARTS) is 1. The fourth-order valence-electron chi connectivity index (χ4n) is 2.00. The second kappa shape index (κ2) is 7.98. The molecule has 0 saturated heterocycles. The third-order valence-electron chi connectivity index (χ3n) is 3.35. The highest BCUT2D eigenvalue weighted by atomic mass is 16.5. The Kier molecular flexibility index (Phi) is 5.74. The van der Waals surface area contributed by atoms with Crippen LogP contribution in [0.2, 0.25) is 0 Å². The number of amides is 1. The average Bonchev–Trinajstić information content (AvgIpc) is 2.56. The second-order valence-corrected chi connectivity index (χ2v) is 5.03. The second-order valence-electron chi connectivity index (χ2n) is 5.03. The summed E-state index contributed by atoms with van der Waals surface area (Å²) >= 11 is 0. The number of anilines is 1. The molecular formula is C18H19NO4. The van der Waals surface area contributed by atoms with Gasteiger partial charge in [-0.15, -0.1) is 0 Å². The molecule has 0 bridgehead atoms. The van der Waals surface area contributed by atoms with Gasteiger partial charge in [-0.25, -0.2) is 4.79 Å². The summed E-state index contributed by atoms with van der Waals surface area (Å²) in [6.07, 6.45) is 1.19. The predicted molar refractivity (Wildman–Crippen MR) is 88.0 cm³/mol. The highest BCUT2D eigenvalue weighted by Crippen LogP contribution is 2.13. The van der Waals surface area contributed by atoms with E-state index in [0.29, 0.717) is 5.69 Å². The van der Waals surface area contributed by atoms with Gasteiger partial charge < -0.3 is 15.2 Å². The Hall–Kier alpha value is -2.82. The van der Waals surface area contributed by atoms with Crippen molar-refractivity contribution in [3.63, 3.8) is 0 Å². The highest BCUT2D eigenvalue weighted by Gasteiger charge is 2.05. The van der Waals surface area contributed by atoms with Crippen molar-refractivity contribution in [3.8, 4) is 5.75 Å². The van der Waals surface area contributed by atoms with E-state index in [2.05, 4.69) is 12.2 Å². The number of benzene rings is 2. The van der Waals surface area contributed by atoms with Crippen LogP contribution in [0.4, 0.5) is 5.69 Å². The van der Waals surface area contributed by atoms with Gasteiger partial charge in [0.2, 0.25) is 5.91 Å². The lowest BCUT2D eigenvalue weighted by atomic mass is 10.2. The van der Waals surface area contributed by atoms with Crippen LogP contribution in [0.1, 0.15) is 29.3 Å². The molecule has 0 aliphatic rings. The van der Waals surface area contributed by atoms with E-state index in [1.165, 1.54) is 17.7 Å². The van der Waals surface area contributed by atoms with Gasteiger partial charge in [0.15, 0.2) is 0 Å². The van der Waals surface area contributed by atoms with Crippen molar-refractivity contribution in [2.75, 3.05) is 11.9 Å². The molecular weight excluding hydrogens is 294 g/mol. The fourth-order valence-corrected chi connectivity index (χ4v) is 2.00. The number of nitrogens with one attached hydrogen (secondary N) is 1. The first-order chi connectivity index (χ1) is 11.1. The SMILES string of the molecule is CCc1ccc(OCCC(=O)Nc2ccc(C(=O)O)cc2)cc1. The molecule has 2 N–H and O–H groups in total. The number of aromatic carboxylic acids is 1. The van der Waals surface area contributed by atoms with Crippen molar-refractivity contribution < 1.29 is 19.4 Å². The number of aryl methyl sites for hydroxylation is 1. The molecule has 0 saturated carbocycles. The largest absolute Gasteiger partial charge is 0.493 e. The smallest absolute Gasteiger partial charge is 0.335 e. The van der Waals surface area contributed by atoms with E-state index in [-0.39, 0.29) is 24.5 Å². The summed E-state index contributed by atoms with van der Waals surface area (Å²) in [6, 6.07) is 13.8. The standard InChI is InChI=1S/C18H19NO4/c1-2-13-3-9-16(10-4-13)23-12-11-17(20)19-15-7-5-14(6-8-15)18(21)22/h3-10H,2,11-12H2,1H3,(H,19,20)(H,21,22). The molecule has 23 heavy (non-hydrogen) atoms. The molecule has 0 heterocycles. The summed E-state index contributed by atoms with van der Waals surface area (Å²) in [6.45, 7) is 2.37. The van der Waals surface area contributed by atoms with E-state index in [9.17, 15) is 9.59 Å². The normalized spacial score (nSPS) is 10.1. The Morgan fingerprint density at radius 3 is 2.26 bits per heavy atom. The summed E-state index contributed by atoms with van der Waals surface area (Å²) in [7, 11) is 0. The monoisotopic (exact) mass is 313 g/mol. The van der Waals surface area contributed by atoms with Crippen molar-refractivity contribution in [3.05, 3.63) is 59.7 Å². The Morgan fingerprint density at radius 1 is 1.04 bits per heavy atom. The average molecular weight is 313 g/mol. The summed E-state index contributed by atoms with van der Waals surface area (Å²) in [5.41, 5.74) is 1.98. The summed E-state index contributed by atoms with van der Waals surface area (Å²) < 4.78 is 5.53. The number of carbonyl (C=O) groups excluding carboxylic acids is 1. The topological polar surface area (TPSA) is 75.6 Å². The first-order valence-corrected chi connectivity index (χ1v) is 7.43. The molecule has 0 spiro atoms. The number of hydrogen-bond donors (Lipinski definition) is 2. The molecule has 0 radical (unpaired) electrons. The maximum Gasteiger partial charge on any atom is 0.335 e. The first kappa shape index (κ1) is 16.5. The maximum atomic E-state index is 11.8. The molecule has 0 aliphatic heterocycles. The molecule has 2 aromatic rings. The Labute approximate surface area is 134 Å². The van der Waals surface area contributed by atoms with Gasteiger partial charge in [-0.3, -0.25) is 4.79 Å². The summed E-state index contributed by atoms with van der Waals surface area (Å²) in [4.78, 5) is 22.6. The number of rotatable bonds is 7. The first-order valence-electron chi connectivity index (χ1n) is 7.43. The van der Waals surface area contributed by atoms with Crippen LogP contribution in [0.25, 0.3) is 0 Å². The van der Waals surface area contributed by atoms with Gasteiger partial charge in [0.25, 0.3) is 0 Å². The molecule has 2 rings (SSSR count). The molecule has 0 unspecified atom stereocenters. The number of carbonyl (C=O) groups is 2. The Bertz CT molecular complexity index is 662. The van der Waals surface area contributed by atoms with E-state index in [4.69, 9.17) is 9.84 Å². The molecule has 0 aromatic heterocycles. The minimum Gasteiger partial charge on any atom is -0.493 e. The van der Waals surface area contributed by atoms with Crippen LogP contribution in [0, 0.1) is 0 Å². The number of carboxylic acids is 1. The molecule has 2 aromatic carbocycles. The number of ether oxygens (including phenoxy) is 1. The third kappa shape index (κ3) is 5.14. The van der Waals surface area contributed by atoms with Gasteiger partial charge >= 0.3 is 5.97 Å². The van der Waals surface area contributed by atoms with E-state index < -0.39 is 5.97 Å². The van der Waals surface area contributed by atoms with Crippen molar-refractivity contribution in [2.24, 2.45) is 0 Å². The lowest BCUT2D eigenvalue weighted by Crippen LogP contribution is -2.15. The van der Waals surface area contributed by atoms with Crippen molar-refractivity contribution in [1.82, 2.24) is 0 Å². The lowest BCUT2D eigenvalue weighted by Gasteiger charge is -2.08. The number of hydrogen-bond acceptors (Lipinski definition) is 3. The molecule has 0 fully saturated rings. The zero-order chi connectivity index (χ0) is 16.7. The van der Waals surface area contributed by atoms with Crippen LogP contribution in [-0.2, 0) is 11.2 Å². The van der Waals surface area contributed by atoms with Crippen molar-refractivity contribution in [2.45, 2.75) is 19.8 Å². The van der Waals surface area contributed by atoms with E-state index in [0.717, 1.165) is 12.2 Å². The summed E-state index contributed by atoms with van der Waals surface area (Å²) in [5.74, 6) is -0.440. The molecule has 120 valence electrons. The highest BCUT2D eigenvalue weighted by molar-refractivity contribution is 5.92. The van der Waals surface area contributed by atoms with Crippen LogP contribution in [0.15, 0.2) is 48.5 Å². The lowest BCUT2D eigenvalue weighted by molar-refractivity contribution is -0.116. The Morgan fingerprint density at radius 2 is 1.70 bits per heavy atom. The zero-order valence-corrected chi connectivity index (χ0v) is 12.9. The van der Waals surface area contributed by atoms with Gasteiger partial charge in [-0.2, -0.15) is 0 Å². The molecule has 0 aliphatic carbocycles. The quantitative estimate of drug-likeness (QED) is 0.822. The van der Waals surface area contributed by atoms with Crippen LogP contribution >= 0.6 is 0 Å². The van der Waals surface area contributed by atoms with Crippen LogP contribution in [-0.4, -0.2) is 23.6 Å². The van der Waals surface area contributed by atoms with Gasteiger partial charge in [-0.1, -0.05) is 19.1 Å². The van der Waals surface area contributed by atoms with Crippen molar-refractivity contribution in [1.29, 1.82) is 0 Å². The molecule has 0 atom stereocenters. The van der Waals surface area contributed by atoms with Gasteiger partial charge in [0.1, 0.15) is 5.75 Å². The minimum atomic E-state index is -0.995. The Balaban J connectivity index is 1.77. The maximum absolute atomic E-state index is 11.8. The molecule has 5 nitrogen and oxygen atoms in total. The van der Waals surface area contributed by atoms with Crippen LogP contribution in [0.5, 0.6) is 5.75 Å². The van der Waals surface area contributed by atoms with Gasteiger partial charge in [0.05, 0.1) is 18.6 Å². The van der Waals surface area contributed by atoms with Crippen LogP contribution in [0.3, 0.4) is 0 Å². The molecule has 5 heteroatoms. The third-order valence-corrected chi connectivity index (χ3v) is 3.35. The van der Waals surface area contributed by atoms with Gasteiger partial charge in [0, 0.05) is 5.69 Å². The van der Waals surface area contributed by atoms with Crippen LogP contribution < -0.4 is 10.1 Å². The van der Waals surface area contributed by atoms with E-state index in [1.54, 1.807) is 12.1 Å². The van der Waals surface area contributed by atoms with Gasteiger partial charge in [-0.05, 0) is 48.4 Å². The zero-order valence-electron chi connectivity index (χ0n) is 12.9. The summed E-state index contributed by atoms with van der Waals surface area (Å²) in [5, 5.41) is 11.5. The van der Waals surface area contributed by atoms with E-state index in [1.807, 2.05) is 24.3 Å². The van der Waals surface area contributed by atoms with E-state index >= 15 is 0 Å². The van der Waals surface area contributed by atoms with Crippen molar-refractivity contribution >= 4 is 17.6 Å².